The first-order valence-corrected chi connectivity index (χ1v) is 3.26. The number of rotatable bonds is 1. The molecule has 0 aromatic heterocycles. The molecule has 2 nitrogen and oxygen atoms in total. The minimum absolute atomic E-state index is 0. The first kappa shape index (κ1) is 12.9. The van der Waals surface area contributed by atoms with E-state index in [1.807, 2.05) is 6.92 Å². The van der Waals surface area contributed by atoms with Crippen LogP contribution in [0.1, 0.15) is 6.92 Å². The number of halogens is 2. The predicted octanol–water partition coefficient (Wildman–Crippen LogP) is 1.52. The van der Waals surface area contributed by atoms with Crippen molar-refractivity contribution in [1.29, 1.82) is 0 Å². The summed E-state index contributed by atoms with van der Waals surface area (Å²) in [5.74, 6) is 0. The van der Waals surface area contributed by atoms with Gasteiger partial charge in [0, 0.05) is 6.54 Å². The van der Waals surface area contributed by atoms with Crippen LogP contribution in [-0.2, 0) is 4.74 Å². The molecule has 1 rings (SSSR count). The van der Waals surface area contributed by atoms with E-state index in [0.29, 0.717) is 12.6 Å². The lowest BCUT2D eigenvalue weighted by Crippen LogP contribution is -1.90. The number of alkyl halides is 1. The van der Waals surface area contributed by atoms with Crippen LogP contribution >= 0.6 is 24.0 Å². The van der Waals surface area contributed by atoms with Crippen LogP contribution in [0.25, 0.3) is 0 Å². The highest BCUT2D eigenvalue weighted by Crippen LogP contribution is 2.23. The summed E-state index contributed by atoms with van der Waals surface area (Å²) in [5, 5.41) is 0. The van der Waals surface area contributed by atoms with E-state index in [2.05, 4.69) is 11.3 Å². The van der Waals surface area contributed by atoms with Gasteiger partial charge in [0.25, 0.3) is 0 Å². The van der Waals surface area contributed by atoms with Crippen LogP contribution in [0.15, 0.2) is 12.7 Å². The van der Waals surface area contributed by atoms with Gasteiger partial charge in [-0.15, -0.1) is 19.0 Å². The van der Waals surface area contributed by atoms with Crippen molar-refractivity contribution in [2.45, 2.75) is 18.6 Å². The molecule has 2 unspecified atom stereocenters. The molecule has 0 amide bonds. The molecule has 2 N–H and O–H groups in total. The Hall–Kier alpha value is 0.240. The third-order valence-corrected chi connectivity index (χ3v) is 1.26. The fraction of sp³-hybridized carbons (Fsp3) is 0.667. The van der Waals surface area contributed by atoms with Crippen molar-refractivity contribution < 1.29 is 4.74 Å². The summed E-state index contributed by atoms with van der Waals surface area (Å²) in [6.45, 7) is 5.88. The summed E-state index contributed by atoms with van der Waals surface area (Å²) in [5.41, 5.74) is 4.93. The zero-order valence-corrected chi connectivity index (χ0v) is 7.49. The minimum atomic E-state index is 0. The van der Waals surface area contributed by atoms with Crippen molar-refractivity contribution in [1.82, 2.24) is 0 Å². The van der Waals surface area contributed by atoms with Crippen molar-refractivity contribution in [2.24, 2.45) is 5.73 Å². The molecule has 1 fully saturated rings. The van der Waals surface area contributed by atoms with Crippen molar-refractivity contribution in [3.05, 3.63) is 12.7 Å². The minimum Gasteiger partial charge on any atom is -0.353 e. The van der Waals surface area contributed by atoms with E-state index < -0.39 is 0 Å². The van der Waals surface area contributed by atoms with Gasteiger partial charge < -0.3 is 10.5 Å². The van der Waals surface area contributed by atoms with Crippen molar-refractivity contribution in [3.8, 4) is 0 Å². The first-order chi connectivity index (χ1) is 4.22. The SMILES string of the molecule is C=CCN.CC1OC1Cl.Cl. The Bertz CT molecular complexity index is 83.8. The second-order valence-electron chi connectivity index (χ2n) is 1.72. The topological polar surface area (TPSA) is 38.5 Å². The summed E-state index contributed by atoms with van der Waals surface area (Å²) in [6.07, 6.45) is 1.97. The third kappa shape index (κ3) is 8.24. The lowest BCUT2D eigenvalue weighted by atomic mass is 10.6. The van der Waals surface area contributed by atoms with Crippen LogP contribution in [0, 0.1) is 0 Å². The molecule has 1 aliphatic heterocycles. The summed E-state index contributed by atoms with van der Waals surface area (Å²) >= 11 is 5.31. The van der Waals surface area contributed by atoms with Crippen molar-refractivity contribution in [2.75, 3.05) is 6.54 Å². The predicted molar refractivity (Wildman–Crippen MR) is 46.7 cm³/mol. The zero-order chi connectivity index (χ0) is 7.28. The van der Waals surface area contributed by atoms with Gasteiger partial charge in [-0.25, -0.2) is 0 Å². The molecule has 0 bridgehead atoms. The number of hydrogen-bond acceptors (Lipinski definition) is 2. The molecule has 10 heavy (non-hydrogen) atoms. The molecular formula is C6H13Cl2NO. The van der Waals surface area contributed by atoms with Gasteiger partial charge in [0.15, 0.2) is 5.56 Å². The Morgan fingerprint density at radius 2 is 2.00 bits per heavy atom. The lowest BCUT2D eigenvalue weighted by Gasteiger charge is -1.61. The van der Waals surface area contributed by atoms with Crippen LogP contribution < -0.4 is 5.73 Å². The monoisotopic (exact) mass is 185 g/mol. The van der Waals surface area contributed by atoms with E-state index in [1.165, 1.54) is 0 Å². The van der Waals surface area contributed by atoms with Gasteiger partial charge >= 0.3 is 0 Å². The standard InChI is InChI=1S/C3H5ClO.C3H7N.ClH/c1-2-3(4)5-2;1-2-3-4;/h2-3H,1H3;2H,1,3-4H2;1H. The molecule has 1 aliphatic rings. The first-order valence-electron chi connectivity index (χ1n) is 2.83. The van der Waals surface area contributed by atoms with Gasteiger partial charge in [-0.05, 0) is 6.92 Å². The molecule has 0 aromatic rings. The molecule has 1 saturated heterocycles. The molecule has 62 valence electrons. The number of ether oxygens (including phenoxy) is 1. The van der Waals surface area contributed by atoms with Gasteiger partial charge in [0.1, 0.15) is 0 Å². The smallest absolute Gasteiger partial charge is 0.157 e. The van der Waals surface area contributed by atoms with Gasteiger partial charge in [-0.2, -0.15) is 0 Å². The van der Waals surface area contributed by atoms with Crippen LogP contribution in [0.3, 0.4) is 0 Å². The highest BCUT2D eigenvalue weighted by Gasteiger charge is 2.30. The second-order valence-corrected chi connectivity index (χ2v) is 2.15. The molecule has 2 atom stereocenters. The van der Waals surface area contributed by atoms with Gasteiger partial charge in [-0.3, -0.25) is 0 Å². The van der Waals surface area contributed by atoms with E-state index in [4.69, 9.17) is 17.3 Å². The largest absolute Gasteiger partial charge is 0.353 e. The highest BCUT2D eigenvalue weighted by atomic mass is 35.5. The summed E-state index contributed by atoms with van der Waals surface area (Å²) in [7, 11) is 0. The van der Waals surface area contributed by atoms with E-state index in [0.717, 1.165) is 0 Å². The summed E-state index contributed by atoms with van der Waals surface area (Å²) in [4.78, 5) is 0. The number of nitrogens with two attached hydrogens (primary N) is 1. The Morgan fingerprint density at radius 1 is 1.80 bits per heavy atom. The fourth-order valence-electron chi connectivity index (χ4n) is 0.160. The molecule has 4 heteroatoms. The maximum Gasteiger partial charge on any atom is 0.157 e. The average Bonchev–Trinajstić information content (AvgIpc) is 2.47. The average molecular weight is 186 g/mol. The fourth-order valence-corrected chi connectivity index (χ4v) is 0.322. The van der Waals surface area contributed by atoms with E-state index in [9.17, 15) is 0 Å². The van der Waals surface area contributed by atoms with Crippen molar-refractivity contribution in [3.63, 3.8) is 0 Å². The Kier molecular flexibility index (Phi) is 9.46. The Morgan fingerprint density at radius 3 is 2.00 bits per heavy atom. The van der Waals surface area contributed by atoms with Crippen LogP contribution in [-0.4, -0.2) is 18.2 Å². The van der Waals surface area contributed by atoms with E-state index in [1.54, 1.807) is 6.08 Å². The Balaban J connectivity index is 0. The molecular weight excluding hydrogens is 173 g/mol. The van der Waals surface area contributed by atoms with E-state index in [-0.39, 0.29) is 18.0 Å². The second kappa shape index (κ2) is 7.35. The molecule has 0 saturated carbocycles. The molecule has 0 aliphatic carbocycles. The lowest BCUT2D eigenvalue weighted by molar-refractivity contribution is 0.411. The van der Waals surface area contributed by atoms with Gasteiger partial charge in [0.2, 0.25) is 0 Å². The normalized spacial score (nSPS) is 27.1. The van der Waals surface area contributed by atoms with Crippen LogP contribution in [0.2, 0.25) is 0 Å². The highest BCUT2D eigenvalue weighted by molar-refractivity contribution is 6.21. The maximum absolute atomic E-state index is 5.31. The third-order valence-electron chi connectivity index (χ3n) is 0.804. The summed E-state index contributed by atoms with van der Waals surface area (Å²) in [6, 6.07) is 0. The van der Waals surface area contributed by atoms with Crippen LogP contribution in [0.4, 0.5) is 0 Å². The molecule has 0 spiro atoms. The Labute approximate surface area is 72.8 Å². The summed E-state index contributed by atoms with van der Waals surface area (Å²) < 4.78 is 4.68. The number of epoxide rings is 1. The quantitative estimate of drug-likeness (QED) is 0.383. The molecule has 0 radical (unpaired) electrons. The zero-order valence-electron chi connectivity index (χ0n) is 5.92. The van der Waals surface area contributed by atoms with Gasteiger partial charge in [-0.1, -0.05) is 17.7 Å². The maximum atomic E-state index is 5.31. The molecule has 1 heterocycles. The van der Waals surface area contributed by atoms with Crippen molar-refractivity contribution >= 4 is 24.0 Å². The van der Waals surface area contributed by atoms with Gasteiger partial charge in [0.05, 0.1) is 6.10 Å². The van der Waals surface area contributed by atoms with Crippen LogP contribution in [0.5, 0.6) is 0 Å². The molecule has 0 aromatic carbocycles. The number of hydrogen-bond donors (Lipinski definition) is 1. The van der Waals surface area contributed by atoms with E-state index >= 15 is 0 Å².